The lowest BCUT2D eigenvalue weighted by Crippen LogP contribution is -2.27. The number of ether oxygens (including phenoxy) is 2. The Morgan fingerprint density at radius 3 is 2.14 bits per heavy atom. The molecule has 0 aromatic carbocycles. The predicted molar refractivity (Wildman–Crippen MR) is 86.3 cm³/mol. The second-order valence-electron chi connectivity index (χ2n) is 6.91. The zero-order valence-corrected chi connectivity index (χ0v) is 15.0. The minimum absolute atomic E-state index is 0.0790. The number of amides is 1. The molecule has 1 aromatic heterocycles. The van der Waals surface area contributed by atoms with Crippen molar-refractivity contribution in [2.24, 2.45) is 0 Å². The highest BCUT2D eigenvalue weighted by atomic mass is 32.1. The minimum atomic E-state index is -0.574. The number of esters is 1. The summed E-state index contributed by atoms with van der Waals surface area (Å²) in [6.45, 7) is 12.6. The lowest BCUT2D eigenvalue weighted by molar-refractivity contribution is -0.154. The molecule has 0 radical (unpaired) electrons. The molecule has 0 aliphatic carbocycles. The Kier molecular flexibility index (Phi) is 5.56. The van der Waals surface area contributed by atoms with Crippen LogP contribution in [-0.4, -0.2) is 28.2 Å². The molecular formula is C15H24N2O4S. The van der Waals surface area contributed by atoms with E-state index in [9.17, 15) is 9.59 Å². The summed E-state index contributed by atoms with van der Waals surface area (Å²) in [5.74, 6) is -0.343. The molecule has 22 heavy (non-hydrogen) atoms. The van der Waals surface area contributed by atoms with Gasteiger partial charge in [0.15, 0.2) is 5.13 Å². The number of hydrogen-bond donors (Lipinski definition) is 1. The molecule has 1 rings (SSSR count). The van der Waals surface area contributed by atoms with Gasteiger partial charge in [0.05, 0.1) is 12.1 Å². The number of carbonyl (C=O) groups excluding carboxylic acids is 2. The fraction of sp³-hybridized carbons (Fsp3) is 0.667. The lowest BCUT2D eigenvalue weighted by atomic mass is 10.2. The van der Waals surface area contributed by atoms with Crippen molar-refractivity contribution in [3.63, 3.8) is 0 Å². The van der Waals surface area contributed by atoms with E-state index in [1.807, 2.05) is 27.7 Å². The van der Waals surface area contributed by atoms with E-state index in [0.29, 0.717) is 10.8 Å². The first kappa shape index (κ1) is 18.4. The first-order valence-corrected chi connectivity index (χ1v) is 7.85. The molecule has 0 fully saturated rings. The van der Waals surface area contributed by atoms with Gasteiger partial charge in [0.1, 0.15) is 11.2 Å². The number of nitrogens with zero attached hydrogens (tertiary/aromatic N) is 1. The van der Waals surface area contributed by atoms with Crippen LogP contribution in [0.2, 0.25) is 0 Å². The van der Waals surface area contributed by atoms with E-state index in [-0.39, 0.29) is 12.4 Å². The van der Waals surface area contributed by atoms with Crippen LogP contribution in [0.4, 0.5) is 9.93 Å². The van der Waals surface area contributed by atoms with Gasteiger partial charge in [-0.05, 0) is 48.5 Å². The molecule has 0 saturated heterocycles. The molecule has 1 N–H and O–H groups in total. The maximum Gasteiger partial charge on any atom is 0.413 e. The lowest BCUT2D eigenvalue weighted by Gasteiger charge is -2.19. The maximum absolute atomic E-state index is 11.8. The number of aryl methyl sites for hydroxylation is 1. The van der Waals surface area contributed by atoms with Crippen molar-refractivity contribution in [1.29, 1.82) is 0 Å². The van der Waals surface area contributed by atoms with Crippen LogP contribution in [0, 0.1) is 6.92 Å². The monoisotopic (exact) mass is 328 g/mol. The molecular weight excluding hydrogens is 304 g/mol. The first-order valence-electron chi connectivity index (χ1n) is 7.04. The third kappa shape index (κ3) is 6.89. The van der Waals surface area contributed by atoms with E-state index < -0.39 is 17.3 Å². The van der Waals surface area contributed by atoms with Crippen molar-refractivity contribution < 1.29 is 19.1 Å². The Balaban J connectivity index is 2.68. The van der Waals surface area contributed by atoms with Crippen molar-refractivity contribution in [2.75, 3.05) is 5.32 Å². The Morgan fingerprint density at radius 1 is 1.09 bits per heavy atom. The van der Waals surface area contributed by atoms with Crippen molar-refractivity contribution in [2.45, 2.75) is 66.1 Å². The van der Waals surface area contributed by atoms with Crippen molar-refractivity contribution in [1.82, 2.24) is 4.98 Å². The fourth-order valence-electron chi connectivity index (χ4n) is 1.55. The van der Waals surface area contributed by atoms with Crippen LogP contribution >= 0.6 is 11.3 Å². The van der Waals surface area contributed by atoms with Crippen molar-refractivity contribution >= 4 is 28.5 Å². The highest BCUT2D eigenvalue weighted by Crippen LogP contribution is 2.24. The minimum Gasteiger partial charge on any atom is -0.460 e. The Labute approximate surface area is 135 Å². The molecule has 1 amide bonds. The molecule has 124 valence electrons. The molecule has 0 unspecified atom stereocenters. The van der Waals surface area contributed by atoms with Crippen LogP contribution in [-0.2, 0) is 20.7 Å². The summed E-state index contributed by atoms with van der Waals surface area (Å²) < 4.78 is 10.4. The number of aromatic nitrogens is 1. The van der Waals surface area contributed by atoms with E-state index in [0.717, 1.165) is 4.88 Å². The average molecular weight is 328 g/mol. The van der Waals surface area contributed by atoms with Gasteiger partial charge in [0.2, 0.25) is 0 Å². The molecule has 0 spiro atoms. The molecule has 7 heteroatoms. The van der Waals surface area contributed by atoms with Gasteiger partial charge in [0.25, 0.3) is 0 Å². The number of carbonyl (C=O) groups is 2. The van der Waals surface area contributed by atoms with Gasteiger partial charge < -0.3 is 9.47 Å². The molecule has 0 bridgehead atoms. The first-order chi connectivity index (χ1) is 9.85. The fourth-order valence-corrected chi connectivity index (χ4v) is 2.37. The number of thiazole rings is 1. The van der Waals surface area contributed by atoms with Crippen LogP contribution in [0.15, 0.2) is 0 Å². The Morgan fingerprint density at radius 2 is 1.64 bits per heavy atom. The quantitative estimate of drug-likeness (QED) is 0.856. The molecule has 0 aliphatic rings. The van der Waals surface area contributed by atoms with E-state index in [4.69, 9.17) is 9.47 Å². The highest BCUT2D eigenvalue weighted by Gasteiger charge is 2.21. The third-order valence-electron chi connectivity index (χ3n) is 2.23. The maximum atomic E-state index is 11.8. The Hall–Kier alpha value is -1.63. The largest absolute Gasteiger partial charge is 0.460 e. The molecule has 1 aromatic rings. The number of anilines is 1. The summed E-state index contributed by atoms with van der Waals surface area (Å²) in [6, 6.07) is 0. The summed E-state index contributed by atoms with van der Waals surface area (Å²) in [5.41, 5.74) is -0.501. The van der Waals surface area contributed by atoms with Crippen LogP contribution in [0.1, 0.15) is 52.1 Å². The molecule has 0 atom stereocenters. The topological polar surface area (TPSA) is 77.5 Å². The predicted octanol–water partition coefficient (Wildman–Crippen LogP) is 3.68. The average Bonchev–Trinajstić information content (AvgIpc) is 2.52. The van der Waals surface area contributed by atoms with E-state index in [1.165, 1.54) is 11.3 Å². The van der Waals surface area contributed by atoms with Crippen LogP contribution in [0.5, 0.6) is 0 Å². The molecule has 0 aliphatic heterocycles. The second-order valence-corrected chi connectivity index (χ2v) is 8.12. The standard InChI is InChI=1S/C15H24N2O4S/c1-9-10(8-11(18)20-14(2,3)4)16-12(22-9)17-13(19)21-15(5,6)7/h8H2,1-7H3,(H,16,17,19). The SMILES string of the molecule is Cc1sc(NC(=O)OC(C)(C)C)nc1CC(=O)OC(C)(C)C. The summed E-state index contributed by atoms with van der Waals surface area (Å²) in [7, 11) is 0. The van der Waals surface area contributed by atoms with Gasteiger partial charge in [-0.2, -0.15) is 0 Å². The van der Waals surface area contributed by atoms with Crippen molar-refractivity contribution in [3.8, 4) is 0 Å². The highest BCUT2D eigenvalue weighted by molar-refractivity contribution is 7.15. The smallest absolute Gasteiger partial charge is 0.413 e. The normalized spacial score (nSPS) is 12.0. The van der Waals surface area contributed by atoms with Crippen LogP contribution in [0.25, 0.3) is 0 Å². The van der Waals surface area contributed by atoms with E-state index >= 15 is 0 Å². The molecule has 6 nitrogen and oxygen atoms in total. The van der Waals surface area contributed by atoms with Gasteiger partial charge in [-0.3, -0.25) is 10.1 Å². The van der Waals surface area contributed by atoms with E-state index in [1.54, 1.807) is 20.8 Å². The van der Waals surface area contributed by atoms with Gasteiger partial charge in [0, 0.05) is 4.88 Å². The van der Waals surface area contributed by atoms with Crippen LogP contribution < -0.4 is 5.32 Å². The number of nitrogens with one attached hydrogen (secondary N) is 1. The summed E-state index contributed by atoms with van der Waals surface area (Å²) in [4.78, 5) is 28.6. The van der Waals surface area contributed by atoms with Gasteiger partial charge >= 0.3 is 12.1 Å². The second kappa shape index (κ2) is 6.64. The summed E-state index contributed by atoms with van der Waals surface area (Å²) in [6.07, 6.45) is -0.486. The molecule has 1 heterocycles. The number of rotatable bonds is 3. The van der Waals surface area contributed by atoms with Gasteiger partial charge in [-0.1, -0.05) is 0 Å². The third-order valence-corrected chi connectivity index (χ3v) is 3.16. The Bertz CT molecular complexity index is 553. The van der Waals surface area contributed by atoms with Crippen molar-refractivity contribution in [3.05, 3.63) is 10.6 Å². The van der Waals surface area contributed by atoms with E-state index in [2.05, 4.69) is 10.3 Å². The molecule has 0 saturated carbocycles. The van der Waals surface area contributed by atoms with Gasteiger partial charge in [-0.25, -0.2) is 9.78 Å². The summed E-state index contributed by atoms with van der Waals surface area (Å²) >= 11 is 1.30. The summed E-state index contributed by atoms with van der Waals surface area (Å²) in [5, 5.41) is 2.98. The zero-order valence-electron chi connectivity index (χ0n) is 14.2. The van der Waals surface area contributed by atoms with Crippen LogP contribution in [0.3, 0.4) is 0 Å². The zero-order chi connectivity index (χ0) is 17.1. The van der Waals surface area contributed by atoms with Gasteiger partial charge in [-0.15, -0.1) is 11.3 Å². The number of hydrogen-bond acceptors (Lipinski definition) is 6.